The molecule has 2 saturated heterocycles. The van der Waals surface area contributed by atoms with Gasteiger partial charge in [0, 0.05) is 58.0 Å². The molecule has 2 aliphatic rings. The van der Waals surface area contributed by atoms with Gasteiger partial charge in [0.25, 0.3) is 11.8 Å². The van der Waals surface area contributed by atoms with Crippen molar-refractivity contribution in [2.75, 3.05) is 39.3 Å². The molecular weight excluding hydrogens is 332 g/mol. The molecule has 7 nitrogen and oxygen atoms in total. The Balaban J connectivity index is 1.67. The van der Waals surface area contributed by atoms with Crippen molar-refractivity contribution in [2.24, 2.45) is 0 Å². The third-order valence-corrected chi connectivity index (χ3v) is 5.13. The van der Waals surface area contributed by atoms with Gasteiger partial charge in [-0.15, -0.1) is 0 Å². The van der Waals surface area contributed by atoms with Crippen molar-refractivity contribution in [2.45, 2.75) is 32.6 Å². The van der Waals surface area contributed by atoms with Gasteiger partial charge in [-0.25, -0.2) is 0 Å². The lowest BCUT2D eigenvalue weighted by Crippen LogP contribution is -2.50. The van der Waals surface area contributed by atoms with Crippen LogP contribution in [-0.2, 0) is 4.79 Å². The number of pyridine rings is 1. The van der Waals surface area contributed by atoms with Gasteiger partial charge in [0.05, 0.1) is 0 Å². The van der Waals surface area contributed by atoms with Gasteiger partial charge in [-0.1, -0.05) is 12.8 Å². The van der Waals surface area contributed by atoms with Crippen molar-refractivity contribution in [1.29, 1.82) is 0 Å². The highest BCUT2D eigenvalue weighted by atomic mass is 16.2. The molecule has 0 atom stereocenters. The lowest BCUT2D eigenvalue weighted by Gasteiger charge is -2.34. The second kappa shape index (κ2) is 8.29. The Morgan fingerprint density at radius 1 is 0.808 bits per heavy atom. The lowest BCUT2D eigenvalue weighted by atomic mass is 10.1. The predicted octanol–water partition coefficient (Wildman–Crippen LogP) is 1.40. The zero-order valence-electron chi connectivity index (χ0n) is 15.3. The maximum Gasteiger partial charge on any atom is 0.272 e. The standard InChI is InChI=1S/C19H26N4O3/c1-15(24)21-10-12-23(13-11-21)18(25)16-6-7-20-17(14-16)19(26)22-8-4-2-3-5-9-22/h6-7,14H,2-5,8-13H2,1H3. The van der Waals surface area contributed by atoms with E-state index in [-0.39, 0.29) is 17.7 Å². The SMILES string of the molecule is CC(=O)N1CCN(C(=O)c2ccnc(C(=O)N3CCCCCC3)c2)CC1. The predicted molar refractivity (Wildman–Crippen MR) is 96.8 cm³/mol. The van der Waals surface area contributed by atoms with E-state index in [0.717, 1.165) is 38.8 Å². The van der Waals surface area contributed by atoms with E-state index in [2.05, 4.69) is 4.98 Å². The molecule has 7 heteroatoms. The van der Waals surface area contributed by atoms with Gasteiger partial charge in [0.2, 0.25) is 5.91 Å². The summed E-state index contributed by atoms with van der Waals surface area (Å²) in [6, 6.07) is 3.26. The molecule has 0 N–H and O–H groups in total. The largest absolute Gasteiger partial charge is 0.339 e. The minimum atomic E-state index is -0.111. The Morgan fingerprint density at radius 3 is 2.00 bits per heavy atom. The fourth-order valence-electron chi connectivity index (χ4n) is 3.52. The molecule has 0 bridgehead atoms. The average Bonchev–Trinajstić information content (AvgIpc) is 2.96. The highest BCUT2D eigenvalue weighted by molar-refractivity contribution is 5.98. The first-order valence-electron chi connectivity index (χ1n) is 9.36. The highest BCUT2D eigenvalue weighted by Gasteiger charge is 2.25. The van der Waals surface area contributed by atoms with E-state index < -0.39 is 0 Å². The van der Waals surface area contributed by atoms with Crippen LogP contribution in [0, 0.1) is 0 Å². The van der Waals surface area contributed by atoms with Crippen molar-refractivity contribution < 1.29 is 14.4 Å². The normalized spacial score (nSPS) is 18.4. The summed E-state index contributed by atoms with van der Waals surface area (Å²) in [4.78, 5) is 46.4. The fourth-order valence-corrected chi connectivity index (χ4v) is 3.52. The summed E-state index contributed by atoms with van der Waals surface area (Å²) >= 11 is 0. The Labute approximate surface area is 154 Å². The van der Waals surface area contributed by atoms with E-state index in [1.165, 1.54) is 6.20 Å². The van der Waals surface area contributed by atoms with E-state index in [4.69, 9.17) is 0 Å². The first-order valence-corrected chi connectivity index (χ1v) is 9.36. The molecule has 0 saturated carbocycles. The molecule has 3 amide bonds. The van der Waals surface area contributed by atoms with Gasteiger partial charge in [-0.3, -0.25) is 19.4 Å². The van der Waals surface area contributed by atoms with E-state index in [0.29, 0.717) is 37.4 Å². The molecule has 0 unspecified atom stereocenters. The molecule has 0 aromatic carbocycles. The minimum Gasteiger partial charge on any atom is -0.339 e. The number of carbonyl (C=O) groups is 3. The summed E-state index contributed by atoms with van der Waals surface area (Å²) in [7, 11) is 0. The van der Waals surface area contributed by atoms with Gasteiger partial charge in [-0.2, -0.15) is 0 Å². The molecule has 1 aromatic heterocycles. The number of piperazine rings is 1. The van der Waals surface area contributed by atoms with Crippen LogP contribution < -0.4 is 0 Å². The smallest absolute Gasteiger partial charge is 0.272 e. The molecule has 3 rings (SSSR count). The van der Waals surface area contributed by atoms with Crippen molar-refractivity contribution in [3.05, 3.63) is 29.6 Å². The van der Waals surface area contributed by atoms with Crippen LogP contribution in [0.1, 0.15) is 53.5 Å². The van der Waals surface area contributed by atoms with Crippen molar-refractivity contribution in [3.63, 3.8) is 0 Å². The first kappa shape index (κ1) is 18.4. The van der Waals surface area contributed by atoms with Gasteiger partial charge in [0.15, 0.2) is 0 Å². The van der Waals surface area contributed by atoms with E-state index in [1.54, 1.807) is 28.9 Å². The average molecular weight is 358 g/mol. The number of carbonyl (C=O) groups excluding carboxylic acids is 3. The summed E-state index contributed by atoms with van der Waals surface area (Å²) in [5.74, 6) is -0.171. The van der Waals surface area contributed by atoms with Crippen LogP contribution in [0.2, 0.25) is 0 Å². The first-order chi connectivity index (χ1) is 12.6. The van der Waals surface area contributed by atoms with Crippen molar-refractivity contribution in [1.82, 2.24) is 19.7 Å². The van der Waals surface area contributed by atoms with Crippen LogP contribution in [0.3, 0.4) is 0 Å². The molecule has 2 fully saturated rings. The highest BCUT2D eigenvalue weighted by Crippen LogP contribution is 2.14. The number of hydrogen-bond acceptors (Lipinski definition) is 4. The third kappa shape index (κ3) is 4.20. The molecule has 2 aliphatic heterocycles. The number of rotatable bonds is 2. The van der Waals surface area contributed by atoms with Crippen LogP contribution in [0.5, 0.6) is 0 Å². The Bertz CT molecular complexity index is 675. The van der Waals surface area contributed by atoms with Gasteiger partial charge < -0.3 is 14.7 Å². The van der Waals surface area contributed by atoms with E-state index >= 15 is 0 Å². The van der Waals surface area contributed by atoms with Gasteiger partial charge in [-0.05, 0) is 25.0 Å². The summed E-state index contributed by atoms with van der Waals surface area (Å²) < 4.78 is 0. The Morgan fingerprint density at radius 2 is 1.38 bits per heavy atom. The number of nitrogens with zero attached hydrogens (tertiary/aromatic N) is 4. The minimum absolute atomic E-state index is 0.0337. The number of likely N-dealkylation sites (tertiary alicyclic amines) is 1. The molecule has 26 heavy (non-hydrogen) atoms. The topological polar surface area (TPSA) is 73.8 Å². The quantitative estimate of drug-likeness (QED) is 0.801. The van der Waals surface area contributed by atoms with Crippen molar-refractivity contribution >= 4 is 17.7 Å². The molecule has 3 heterocycles. The number of amides is 3. The van der Waals surface area contributed by atoms with Gasteiger partial charge >= 0.3 is 0 Å². The second-order valence-electron chi connectivity index (χ2n) is 6.93. The monoisotopic (exact) mass is 358 g/mol. The maximum absolute atomic E-state index is 12.8. The second-order valence-corrected chi connectivity index (χ2v) is 6.93. The number of hydrogen-bond donors (Lipinski definition) is 0. The van der Waals surface area contributed by atoms with Crippen LogP contribution in [0.25, 0.3) is 0 Å². The third-order valence-electron chi connectivity index (χ3n) is 5.13. The van der Waals surface area contributed by atoms with Crippen LogP contribution >= 0.6 is 0 Å². The van der Waals surface area contributed by atoms with Crippen LogP contribution in [0.4, 0.5) is 0 Å². The summed E-state index contributed by atoms with van der Waals surface area (Å²) in [6.07, 6.45) is 5.88. The zero-order valence-corrected chi connectivity index (χ0v) is 15.3. The van der Waals surface area contributed by atoms with E-state index in [9.17, 15) is 14.4 Å². The maximum atomic E-state index is 12.8. The Kier molecular flexibility index (Phi) is 5.85. The molecule has 0 aliphatic carbocycles. The van der Waals surface area contributed by atoms with Gasteiger partial charge in [0.1, 0.15) is 5.69 Å². The lowest BCUT2D eigenvalue weighted by molar-refractivity contribution is -0.130. The summed E-state index contributed by atoms with van der Waals surface area (Å²) in [6.45, 7) is 5.17. The number of aromatic nitrogens is 1. The Hall–Kier alpha value is -2.44. The summed E-state index contributed by atoms with van der Waals surface area (Å²) in [5, 5.41) is 0. The molecule has 1 aromatic rings. The molecular formula is C19H26N4O3. The molecule has 140 valence electrons. The molecule has 0 radical (unpaired) electrons. The zero-order chi connectivity index (χ0) is 18.5. The van der Waals surface area contributed by atoms with Crippen LogP contribution in [0.15, 0.2) is 18.3 Å². The van der Waals surface area contributed by atoms with Crippen LogP contribution in [-0.4, -0.2) is 76.7 Å². The fraction of sp³-hybridized carbons (Fsp3) is 0.579. The van der Waals surface area contributed by atoms with E-state index in [1.807, 2.05) is 4.90 Å². The summed E-state index contributed by atoms with van der Waals surface area (Å²) in [5.41, 5.74) is 0.814. The van der Waals surface area contributed by atoms with Crippen molar-refractivity contribution in [3.8, 4) is 0 Å². The molecule has 0 spiro atoms.